The van der Waals surface area contributed by atoms with Gasteiger partial charge >= 0.3 is 12.4 Å². The number of halogens is 6. The number of aromatic nitrogens is 4. The van der Waals surface area contributed by atoms with Gasteiger partial charge in [-0.2, -0.15) is 26.3 Å². The largest absolute Gasteiger partial charge is 0.416 e. The Labute approximate surface area is 266 Å². The van der Waals surface area contributed by atoms with Crippen molar-refractivity contribution in [2.24, 2.45) is 0 Å². The second-order valence-electron chi connectivity index (χ2n) is 9.74. The Morgan fingerprint density at radius 3 is 1.57 bits per heavy atom. The lowest BCUT2D eigenvalue weighted by Crippen LogP contribution is -2.05. The molecule has 0 saturated heterocycles. The van der Waals surface area contributed by atoms with E-state index in [-0.39, 0.29) is 0 Å². The van der Waals surface area contributed by atoms with Crippen LogP contribution in [0.25, 0.3) is 22.5 Å². The van der Waals surface area contributed by atoms with Gasteiger partial charge in [0.15, 0.2) is 10.3 Å². The summed E-state index contributed by atoms with van der Waals surface area (Å²) in [6, 6.07) is 13.7. The third-order valence-corrected chi connectivity index (χ3v) is 7.63. The van der Waals surface area contributed by atoms with Crippen LogP contribution in [-0.4, -0.2) is 19.9 Å². The quantitative estimate of drug-likeness (QED) is 0.152. The summed E-state index contributed by atoms with van der Waals surface area (Å²) in [5.41, 5.74) is 9.50. The Balaban J connectivity index is 0.000000181. The molecule has 0 spiro atoms. The summed E-state index contributed by atoms with van der Waals surface area (Å²) in [5.74, 6) is 0. The molecule has 0 saturated carbocycles. The van der Waals surface area contributed by atoms with Crippen molar-refractivity contribution in [2.75, 3.05) is 16.4 Å². The molecule has 2 aromatic carbocycles. The molecule has 6 rings (SSSR count). The fourth-order valence-corrected chi connectivity index (χ4v) is 5.49. The molecule has 0 unspecified atom stereocenters. The third-order valence-electron chi connectivity index (χ3n) is 6.12. The van der Waals surface area contributed by atoms with E-state index in [2.05, 4.69) is 30.6 Å². The number of rotatable bonds is 6. The van der Waals surface area contributed by atoms with Gasteiger partial charge in [-0.25, -0.2) is 9.97 Å². The van der Waals surface area contributed by atoms with Crippen LogP contribution in [0.15, 0.2) is 96.2 Å². The number of nitrogen functional groups attached to an aromatic ring is 1. The van der Waals surface area contributed by atoms with Gasteiger partial charge in [0.2, 0.25) is 0 Å². The fraction of sp³-hybridized carbons (Fsp3) is 0.0968. The van der Waals surface area contributed by atoms with Gasteiger partial charge in [-0.15, -0.1) is 22.7 Å². The lowest BCUT2D eigenvalue weighted by molar-refractivity contribution is -0.138. The Morgan fingerprint density at radius 2 is 1.11 bits per heavy atom. The minimum Gasteiger partial charge on any atom is -0.397 e. The zero-order valence-electron chi connectivity index (χ0n) is 23.7. The summed E-state index contributed by atoms with van der Waals surface area (Å²) >= 11 is 2.61. The Hall–Kier alpha value is -5.02. The van der Waals surface area contributed by atoms with E-state index in [0.717, 1.165) is 46.6 Å². The molecule has 15 heteroatoms. The molecule has 0 bridgehead atoms. The monoisotopic (exact) mass is 671 g/mol. The average Bonchev–Trinajstić information content (AvgIpc) is 3.67. The van der Waals surface area contributed by atoms with Crippen molar-refractivity contribution in [3.8, 4) is 22.5 Å². The number of alkyl halides is 6. The Bertz CT molecular complexity index is 1800. The summed E-state index contributed by atoms with van der Waals surface area (Å²) in [4.78, 5) is 16.8. The molecule has 7 nitrogen and oxygen atoms in total. The van der Waals surface area contributed by atoms with E-state index in [1.165, 1.54) is 41.0 Å². The first kappa shape index (κ1) is 32.4. The highest BCUT2D eigenvalue weighted by Gasteiger charge is 2.31. The number of benzene rings is 2. The SMILES string of the molecule is Cc1cncc(-c2csc(Nc3cccc(C(F)(F)F)c3)n2)c1.Nc1cncc(-c2csc(Nc3cccc(C(F)(F)F)c3)n2)c1. The number of hydrogen-bond acceptors (Lipinski definition) is 9. The second-order valence-corrected chi connectivity index (χ2v) is 11.5. The second kappa shape index (κ2) is 13.5. The molecule has 0 aliphatic heterocycles. The molecule has 4 N–H and O–H groups in total. The number of anilines is 5. The molecule has 0 aliphatic carbocycles. The normalized spacial score (nSPS) is 11.5. The molecule has 6 aromatic rings. The number of nitrogens with two attached hydrogens (primary N) is 1. The van der Waals surface area contributed by atoms with Gasteiger partial charge in [-0.05, 0) is 61.0 Å². The van der Waals surface area contributed by atoms with Crippen molar-refractivity contribution >= 4 is 50.0 Å². The molecular formula is C31H23F6N7S2. The fourth-order valence-electron chi connectivity index (χ4n) is 4.01. The average molecular weight is 672 g/mol. The van der Waals surface area contributed by atoms with Crippen LogP contribution in [0.4, 0.5) is 53.7 Å². The number of nitrogens with one attached hydrogen (secondary N) is 2. The zero-order valence-corrected chi connectivity index (χ0v) is 25.3. The van der Waals surface area contributed by atoms with E-state index >= 15 is 0 Å². The van der Waals surface area contributed by atoms with Gasteiger partial charge in [0.05, 0.1) is 28.2 Å². The van der Waals surface area contributed by atoms with Gasteiger partial charge in [-0.1, -0.05) is 12.1 Å². The number of aryl methyl sites for hydroxylation is 1. The van der Waals surface area contributed by atoms with Crippen LogP contribution in [0, 0.1) is 6.92 Å². The van der Waals surface area contributed by atoms with Crippen molar-refractivity contribution in [3.63, 3.8) is 0 Å². The predicted octanol–water partition coefficient (Wildman–Crippen LogP) is 9.83. The summed E-state index contributed by atoms with van der Waals surface area (Å²) < 4.78 is 76.3. The summed E-state index contributed by atoms with van der Waals surface area (Å²) in [5, 5.41) is 10.4. The highest BCUT2D eigenvalue weighted by molar-refractivity contribution is 7.14. The predicted molar refractivity (Wildman–Crippen MR) is 169 cm³/mol. The molecular weight excluding hydrogens is 649 g/mol. The number of pyridine rings is 2. The molecule has 236 valence electrons. The molecule has 0 aliphatic rings. The van der Waals surface area contributed by atoms with E-state index in [0.29, 0.717) is 33.0 Å². The molecule has 0 amide bonds. The van der Waals surface area contributed by atoms with Crippen LogP contribution in [0.5, 0.6) is 0 Å². The van der Waals surface area contributed by atoms with Crippen LogP contribution in [-0.2, 0) is 12.4 Å². The highest BCUT2D eigenvalue weighted by Crippen LogP contribution is 2.34. The summed E-state index contributed by atoms with van der Waals surface area (Å²) in [7, 11) is 0. The maximum absolute atomic E-state index is 12.7. The van der Waals surface area contributed by atoms with Gasteiger partial charge in [-0.3, -0.25) is 9.97 Å². The maximum atomic E-state index is 12.7. The van der Waals surface area contributed by atoms with Crippen molar-refractivity contribution in [1.29, 1.82) is 0 Å². The molecule has 46 heavy (non-hydrogen) atoms. The highest BCUT2D eigenvalue weighted by atomic mass is 32.1. The topological polar surface area (TPSA) is 102 Å². The van der Waals surface area contributed by atoms with Crippen LogP contribution < -0.4 is 16.4 Å². The smallest absolute Gasteiger partial charge is 0.397 e. The van der Waals surface area contributed by atoms with Gasteiger partial charge in [0.1, 0.15) is 0 Å². The molecule has 0 radical (unpaired) electrons. The first-order valence-electron chi connectivity index (χ1n) is 13.3. The number of nitrogens with zero attached hydrogens (tertiary/aromatic N) is 4. The van der Waals surface area contributed by atoms with Crippen LogP contribution in [0.1, 0.15) is 16.7 Å². The van der Waals surface area contributed by atoms with Crippen LogP contribution in [0.2, 0.25) is 0 Å². The zero-order chi connectivity index (χ0) is 32.9. The van der Waals surface area contributed by atoms with Crippen molar-refractivity contribution in [1.82, 2.24) is 19.9 Å². The molecule has 0 atom stereocenters. The minimum atomic E-state index is -4.38. The summed E-state index contributed by atoms with van der Waals surface area (Å²) in [6.45, 7) is 1.94. The minimum absolute atomic E-state index is 0.325. The van der Waals surface area contributed by atoms with Gasteiger partial charge in [0.25, 0.3) is 0 Å². The van der Waals surface area contributed by atoms with E-state index in [1.54, 1.807) is 42.2 Å². The lowest BCUT2D eigenvalue weighted by atomic mass is 10.2. The maximum Gasteiger partial charge on any atom is 0.416 e. The van der Waals surface area contributed by atoms with Crippen molar-refractivity contribution in [3.05, 3.63) is 113 Å². The lowest BCUT2D eigenvalue weighted by Gasteiger charge is -2.08. The van der Waals surface area contributed by atoms with E-state index in [1.807, 2.05) is 18.4 Å². The molecule has 4 heterocycles. The van der Waals surface area contributed by atoms with Crippen LogP contribution in [0.3, 0.4) is 0 Å². The van der Waals surface area contributed by atoms with Gasteiger partial charge < -0.3 is 16.4 Å². The van der Waals surface area contributed by atoms with Crippen molar-refractivity contribution in [2.45, 2.75) is 19.3 Å². The standard InChI is InChI=1S/C16H12F3N3S.C15H11F3N4S/c1-10-5-11(8-20-7-10)14-9-23-15(22-14)21-13-4-2-3-12(6-13)16(17,18)19;16-15(17,18)10-2-1-3-12(5-10)21-14-22-13(8-23-14)9-4-11(19)7-20-6-9/h2-9H,1H3,(H,21,22);1-8H,19H2,(H,21,22). The number of hydrogen-bond donors (Lipinski definition) is 3. The van der Waals surface area contributed by atoms with E-state index in [9.17, 15) is 26.3 Å². The Morgan fingerprint density at radius 1 is 0.630 bits per heavy atom. The van der Waals surface area contributed by atoms with Gasteiger partial charge in [0, 0.05) is 58.0 Å². The van der Waals surface area contributed by atoms with E-state index < -0.39 is 23.5 Å². The molecule has 0 fully saturated rings. The first-order valence-corrected chi connectivity index (χ1v) is 15.0. The van der Waals surface area contributed by atoms with Crippen molar-refractivity contribution < 1.29 is 26.3 Å². The number of thiazole rings is 2. The summed E-state index contributed by atoms with van der Waals surface area (Å²) in [6.07, 6.45) is -2.14. The Kier molecular flexibility index (Phi) is 9.53. The van der Waals surface area contributed by atoms with Crippen LogP contribution >= 0.6 is 22.7 Å². The van der Waals surface area contributed by atoms with E-state index in [4.69, 9.17) is 5.73 Å². The first-order chi connectivity index (χ1) is 21.8. The molecule has 4 aromatic heterocycles. The third kappa shape index (κ3) is 8.57.